The second kappa shape index (κ2) is 3.82. The summed E-state index contributed by atoms with van der Waals surface area (Å²) in [6.45, 7) is -12.0. The first-order valence-electron chi connectivity index (χ1n) is 6.77. The van der Waals surface area contributed by atoms with Crippen molar-refractivity contribution < 1.29 is 21.8 Å². The summed E-state index contributed by atoms with van der Waals surface area (Å²) in [4.78, 5) is 0. The van der Waals surface area contributed by atoms with E-state index in [2.05, 4.69) is 9.47 Å². The minimum Gasteiger partial charge on any atom is -0.382 e. The van der Waals surface area contributed by atoms with E-state index < -0.39 is 32.2 Å². The molecule has 0 aromatic carbocycles. The fourth-order valence-corrected chi connectivity index (χ4v) is 0.355. The van der Waals surface area contributed by atoms with Gasteiger partial charge in [0.05, 0.1) is 26.1 Å². The molecule has 0 amide bonds. The minimum absolute atomic E-state index is 0.870. The predicted octanol–water partition coefficient (Wildman–Crippen LogP) is -0.379. The molecule has 0 spiro atoms. The van der Waals surface area contributed by atoms with Crippen molar-refractivity contribution >= 4 is 0 Å². The van der Waals surface area contributed by atoms with Crippen LogP contribution in [-0.2, 0) is 9.47 Å². The average molecular weight is 140 g/mol. The Bertz CT molecular complexity index is 346. The number of nitrogens with one attached hydrogen (secondary N) is 1. The SMILES string of the molecule is [2H]C1([2H])NC([2H])([2H])C([2H])(C([2H])([2H])OC)OC1([2H])[2H]. The van der Waals surface area contributed by atoms with Gasteiger partial charge in [0.2, 0.25) is 0 Å². The van der Waals surface area contributed by atoms with Gasteiger partial charge in [-0.15, -0.1) is 0 Å². The lowest BCUT2D eigenvalue weighted by molar-refractivity contribution is -0.0188. The fraction of sp³-hybridized carbons (Fsp3) is 1.00. The fourth-order valence-electron chi connectivity index (χ4n) is 0.355. The molecule has 1 unspecified atom stereocenters. The van der Waals surface area contributed by atoms with E-state index in [4.69, 9.17) is 12.3 Å². The van der Waals surface area contributed by atoms with Gasteiger partial charge in [-0.2, -0.15) is 0 Å². The van der Waals surface area contributed by atoms with Crippen molar-refractivity contribution in [3.8, 4) is 0 Å². The monoisotopic (exact) mass is 140 g/mol. The molecule has 1 N–H and O–H groups in total. The van der Waals surface area contributed by atoms with Crippen LogP contribution in [0.1, 0.15) is 12.3 Å². The van der Waals surface area contributed by atoms with Gasteiger partial charge in [0.1, 0.15) is 0 Å². The molecule has 1 atom stereocenters. The maximum atomic E-state index is 7.69. The van der Waals surface area contributed by atoms with E-state index in [0.29, 0.717) is 0 Å². The summed E-state index contributed by atoms with van der Waals surface area (Å²) in [7, 11) is 0.870. The Balaban J connectivity index is 3.31. The highest BCUT2D eigenvalue weighted by Gasteiger charge is 2.11. The van der Waals surface area contributed by atoms with Crippen molar-refractivity contribution in [3.63, 3.8) is 0 Å². The average Bonchev–Trinajstić information content (AvgIpc) is 2.12. The largest absolute Gasteiger partial charge is 0.382 e. The highest BCUT2D eigenvalue weighted by molar-refractivity contribution is 4.65. The molecule has 1 heterocycles. The number of morpholine rings is 1. The van der Waals surface area contributed by atoms with Crippen LogP contribution in [-0.4, -0.2) is 39.3 Å². The molecule has 0 radical (unpaired) electrons. The molecular formula is C6H13NO2. The summed E-state index contributed by atoms with van der Waals surface area (Å²) in [6.07, 6.45) is -3.12. The second-order valence-electron chi connectivity index (χ2n) is 1.21. The van der Waals surface area contributed by atoms with Gasteiger partial charge in [-0.05, 0) is 0 Å². The summed E-state index contributed by atoms with van der Waals surface area (Å²) in [6, 6.07) is 0. The van der Waals surface area contributed by atoms with E-state index in [1.165, 1.54) is 0 Å². The van der Waals surface area contributed by atoms with Crippen molar-refractivity contribution in [3.05, 3.63) is 0 Å². The molecule has 1 saturated heterocycles. The molecule has 1 aliphatic heterocycles. The molecule has 1 aliphatic rings. The predicted molar refractivity (Wildman–Crippen MR) is 34.5 cm³/mol. The van der Waals surface area contributed by atoms with Gasteiger partial charge in [-0.25, -0.2) is 0 Å². The smallest absolute Gasteiger partial charge is 0.0932 e. The van der Waals surface area contributed by atoms with Gasteiger partial charge in [-0.1, -0.05) is 0 Å². The first-order valence-corrected chi connectivity index (χ1v) is 2.27. The van der Waals surface area contributed by atoms with Crippen LogP contribution >= 0.6 is 0 Å². The first-order chi connectivity index (χ1) is 7.72. The number of hydrogen-bond acceptors (Lipinski definition) is 3. The molecule has 0 aliphatic carbocycles. The van der Waals surface area contributed by atoms with Gasteiger partial charge in [0, 0.05) is 25.6 Å². The molecule has 0 saturated carbocycles. The van der Waals surface area contributed by atoms with Crippen molar-refractivity contribution in [2.45, 2.75) is 6.08 Å². The van der Waals surface area contributed by atoms with Crippen LogP contribution in [0.15, 0.2) is 0 Å². The Morgan fingerprint density at radius 2 is 3.11 bits per heavy atom. The summed E-state index contributed by atoms with van der Waals surface area (Å²) in [5.74, 6) is 0. The summed E-state index contributed by atoms with van der Waals surface area (Å²) >= 11 is 0. The Morgan fingerprint density at radius 3 is 3.89 bits per heavy atom. The van der Waals surface area contributed by atoms with Crippen LogP contribution < -0.4 is 5.32 Å². The summed E-state index contributed by atoms with van der Waals surface area (Å²) in [5, 5.41) is 1.61. The van der Waals surface area contributed by atoms with Gasteiger partial charge >= 0.3 is 0 Å². The van der Waals surface area contributed by atoms with Gasteiger partial charge < -0.3 is 14.8 Å². The van der Waals surface area contributed by atoms with Crippen LogP contribution in [0, 0.1) is 0 Å². The Labute approximate surface area is 68.0 Å². The minimum atomic E-state index is -3.12. The van der Waals surface area contributed by atoms with Gasteiger partial charge in [0.25, 0.3) is 0 Å². The summed E-state index contributed by atoms with van der Waals surface area (Å²) < 4.78 is 75.4. The van der Waals surface area contributed by atoms with Gasteiger partial charge in [0.15, 0.2) is 0 Å². The quantitative estimate of drug-likeness (QED) is 0.567. The standard InChI is InChI=1S/C6H13NO2/c1-8-5-6-4-7-2-3-9-6/h6-7H,2-5H2,1H3/i2D2,3D2,4D2,5D2,6D. The third-order valence-corrected chi connectivity index (χ3v) is 0.637. The molecule has 1 fully saturated rings. The van der Waals surface area contributed by atoms with Gasteiger partial charge in [-0.3, -0.25) is 0 Å². The van der Waals surface area contributed by atoms with E-state index in [0.717, 1.165) is 7.11 Å². The molecular weight excluding hydrogens is 118 g/mol. The molecule has 3 heteroatoms. The van der Waals surface area contributed by atoms with E-state index in [1.54, 1.807) is 5.32 Å². The van der Waals surface area contributed by atoms with Crippen LogP contribution in [0.4, 0.5) is 0 Å². The molecule has 0 aromatic heterocycles. The third kappa shape index (κ3) is 2.30. The second-order valence-corrected chi connectivity index (χ2v) is 1.21. The van der Waals surface area contributed by atoms with Crippen LogP contribution in [0.5, 0.6) is 0 Å². The maximum absolute atomic E-state index is 7.69. The van der Waals surface area contributed by atoms with Crippen molar-refractivity contribution in [2.24, 2.45) is 0 Å². The van der Waals surface area contributed by atoms with Crippen LogP contribution in [0.2, 0.25) is 0 Å². The number of methoxy groups -OCH3 is 1. The van der Waals surface area contributed by atoms with E-state index >= 15 is 0 Å². The van der Waals surface area contributed by atoms with Crippen LogP contribution in [0.3, 0.4) is 0 Å². The lowest BCUT2D eigenvalue weighted by Crippen LogP contribution is -2.40. The molecule has 1 rings (SSSR count). The van der Waals surface area contributed by atoms with Crippen molar-refractivity contribution in [2.75, 3.05) is 33.2 Å². The molecule has 0 aromatic rings. The normalized spacial score (nSPS) is 69.7. The van der Waals surface area contributed by atoms with Crippen molar-refractivity contribution in [1.29, 1.82) is 0 Å². The number of rotatable bonds is 2. The van der Waals surface area contributed by atoms with E-state index in [-0.39, 0.29) is 0 Å². The topological polar surface area (TPSA) is 30.5 Å². The zero-order chi connectivity index (χ0) is 14.6. The Hall–Kier alpha value is -0.120. The lowest BCUT2D eigenvalue weighted by Gasteiger charge is -2.22. The first kappa shape index (κ1) is 1.72. The molecule has 9 heavy (non-hydrogen) atoms. The third-order valence-electron chi connectivity index (χ3n) is 0.637. The highest BCUT2D eigenvalue weighted by atomic mass is 16.5. The Kier molecular flexibility index (Phi) is 0.732. The Morgan fingerprint density at radius 1 is 2.22 bits per heavy atom. The zero-order valence-electron chi connectivity index (χ0n) is 13.8. The molecule has 0 bridgehead atoms. The molecule has 3 nitrogen and oxygen atoms in total. The lowest BCUT2D eigenvalue weighted by atomic mass is 10.3. The maximum Gasteiger partial charge on any atom is 0.0932 e. The van der Waals surface area contributed by atoms with Crippen molar-refractivity contribution in [1.82, 2.24) is 5.32 Å². The zero-order valence-corrected chi connectivity index (χ0v) is 4.82. The van der Waals surface area contributed by atoms with Crippen LogP contribution in [0.25, 0.3) is 0 Å². The summed E-state index contributed by atoms with van der Waals surface area (Å²) in [5.41, 5.74) is 0. The highest BCUT2D eigenvalue weighted by Crippen LogP contribution is 1.94. The van der Waals surface area contributed by atoms with E-state index in [9.17, 15) is 0 Å². The number of hydrogen-bond donors (Lipinski definition) is 1. The number of ether oxygens (including phenoxy) is 2. The molecule has 54 valence electrons. The van der Waals surface area contributed by atoms with E-state index in [1.807, 2.05) is 0 Å².